The van der Waals surface area contributed by atoms with E-state index in [1.807, 2.05) is 24.3 Å². The van der Waals surface area contributed by atoms with Crippen molar-refractivity contribution in [3.63, 3.8) is 0 Å². The van der Waals surface area contributed by atoms with Gasteiger partial charge in [0.2, 0.25) is 5.91 Å². The fraction of sp³-hybridized carbons (Fsp3) is 0.429. The molecule has 3 aliphatic rings. The van der Waals surface area contributed by atoms with Gasteiger partial charge in [-0.2, -0.15) is 0 Å². The highest BCUT2D eigenvalue weighted by atomic mass is 19.1. The van der Waals surface area contributed by atoms with Gasteiger partial charge >= 0.3 is 6.03 Å². The number of carbonyl (C=O) groups excluding carboxylic acids is 2. The Balaban J connectivity index is 1.29. The van der Waals surface area contributed by atoms with E-state index in [0.717, 1.165) is 42.2 Å². The van der Waals surface area contributed by atoms with Crippen LogP contribution in [-0.4, -0.2) is 58.6 Å². The zero-order chi connectivity index (χ0) is 25.2. The van der Waals surface area contributed by atoms with Crippen LogP contribution < -0.4 is 5.32 Å². The summed E-state index contributed by atoms with van der Waals surface area (Å²) >= 11 is 0. The number of nitrogens with zero attached hydrogens (tertiary/aromatic N) is 2. The number of fused-ring (bicyclic) bond motifs is 1. The molecule has 36 heavy (non-hydrogen) atoms. The SMILES string of the molecule is O=C(Nc1cc(F)ccc1F)N1CC(=O)N2[C@@H](CO)[C@H](c3ccc(C#CC4CCCCC4)cc3)[C@@H]2C1. The summed E-state index contributed by atoms with van der Waals surface area (Å²) in [5.41, 5.74) is 1.61. The van der Waals surface area contributed by atoms with E-state index in [0.29, 0.717) is 5.92 Å². The van der Waals surface area contributed by atoms with Gasteiger partial charge in [0.25, 0.3) is 0 Å². The third-order valence-electron chi connectivity index (χ3n) is 7.53. The average Bonchev–Trinajstić information content (AvgIpc) is 2.87. The third-order valence-corrected chi connectivity index (χ3v) is 7.53. The third kappa shape index (κ3) is 4.80. The first-order valence-corrected chi connectivity index (χ1v) is 12.5. The standard InChI is InChI=1S/C28H29F2N3O3/c29-21-12-13-22(30)23(14-21)31-28(36)32-15-24-27(25(17-34)33(24)26(35)16-32)20-10-8-19(9-11-20)7-6-18-4-2-1-3-5-18/h8-14,18,24-25,27,34H,1-5,15-17H2,(H,31,36)/t24-,25-,27+/m0/s1. The van der Waals surface area contributed by atoms with Gasteiger partial charge in [0, 0.05) is 30.0 Å². The van der Waals surface area contributed by atoms with Gasteiger partial charge in [-0.1, -0.05) is 43.2 Å². The number of halogens is 2. The molecule has 8 heteroatoms. The van der Waals surface area contributed by atoms with Crippen molar-refractivity contribution in [1.29, 1.82) is 0 Å². The highest BCUT2D eigenvalue weighted by Crippen LogP contribution is 2.43. The van der Waals surface area contributed by atoms with Crippen molar-refractivity contribution in [1.82, 2.24) is 9.80 Å². The predicted octanol–water partition coefficient (Wildman–Crippen LogP) is 4.10. The second kappa shape index (κ2) is 10.3. The van der Waals surface area contributed by atoms with Crippen LogP contribution in [0.3, 0.4) is 0 Å². The van der Waals surface area contributed by atoms with Crippen LogP contribution in [0.5, 0.6) is 0 Å². The van der Waals surface area contributed by atoms with Crippen LogP contribution >= 0.6 is 0 Å². The molecule has 5 rings (SSSR count). The van der Waals surface area contributed by atoms with Crippen molar-refractivity contribution in [2.45, 2.75) is 50.1 Å². The maximum absolute atomic E-state index is 14.0. The number of aliphatic hydroxyl groups is 1. The zero-order valence-corrected chi connectivity index (χ0v) is 19.9. The van der Waals surface area contributed by atoms with Gasteiger partial charge in [-0.05, 0) is 42.7 Å². The Hall–Kier alpha value is -3.44. The molecule has 2 aliphatic heterocycles. The largest absolute Gasteiger partial charge is 0.394 e. The van der Waals surface area contributed by atoms with E-state index in [-0.39, 0.29) is 49.3 Å². The molecule has 1 aliphatic carbocycles. The summed E-state index contributed by atoms with van der Waals surface area (Å²) in [6.45, 7) is -0.159. The van der Waals surface area contributed by atoms with E-state index in [9.17, 15) is 23.5 Å². The van der Waals surface area contributed by atoms with E-state index in [1.54, 1.807) is 4.90 Å². The summed E-state index contributed by atoms with van der Waals surface area (Å²) in [6, 6.07) is 9.32. The molecule has 2 aromatic carbocycles. The molecule has 0 bridgehead atoms. The summed E-state index contributed by atoms with van der Waals surface area (Å²) in [6.07, 6.45) is 6.10. The monoisotopic (exact) mass is 493 g/mol. The number of hydrogen-bond donors (Lipinski definition) is 2. The van der Waals surface area contributed by atoms with E-state index in [2.05, 4.69) is 17.2 Å². The molecule has 2 aromatic rings. The lowest BCUT2D eigenvalue weighted by atomic mass is 9.73. The van der Waals surface area contributed by atoms with Gasteiger partial charge in [0.15, 0.2) is 0 Å². The van der Waals surface area contributed by atoms with Gasteiger partial charge in [0.05, 0.1) is 24.4 Å². The number of anilines is 1. The van der Waals surface area contributed by atoms with Crippen LogP contribution in [0.25, 0.3) is 0 Å². The molecule has 6 nitrogen and oxygen atoms in total. The second-order valence-corrected chi connectivity index (χ2v) is 9.81. The van der Waals surface area contributed by atoms with Crippen LogP contribution in [0.15, 0.2) is 42.5 Å². The number of nitrogens with one attached hydrogen (secondary N) is 1. The van der Waals surface area contributed by atoms with E-state index in [4.69, 9.17) is 0 Å². The van der Waals surface area contributed by atoms with Crippen molar-refractivity contribution in [3.05, 3.63) is 65.2 Å². The first-order chi connectivity index (χ1) is 17.4. The highest BCUT2D eigenvalue weighted by molar-refractivity contribution is 5.94. The molecular weight excluding hydrogens is 464 g/mol. The lowest BCUT2D eigenvalue weighted by molar-refractivity contribution is -0.159. The second-order valence-electron chi connectivity index (χ2n) is 9.81. The molecule has 188 valence electrons. The Morgan fingerprint density at radius 1 is 1.08 bits per heavy atom. The van der Waals surface area contributed by atoms with Gasteiger partial charge < -0.3 is 20.2 Å². The molecule has 3 amide bonds. The summed E-state index contributed by atoms with van der Waals surface area (Å²) in [5.74, 6) is 5.25. The summed E-state index contributed by atoms with van der Waals surface area (Å²) < 4.78 is 27.5. The molecule has 0 spiro atoms. The molecule has 2 saturated heterocycles. The van der Waals surface area contributed by atoms with Crippen LogP contribution in [-0.2, 0) is 4.79 Å². The highest BCUT2D eigenvalue weighted by Gasteiger charge is 2.54. The number of aliphatic hydroxyl groups excluding tert-OH is 1. The summed E-state index contributed by atoms with van der Waals surface area (Å²) in [4.78, 5) is 28.5. The molecule has 0 aromatic heterocycles. The minimum Gasteiger partial charge on any atom is -0.394 e. The van der Waals surface area contributed by atoms with Crippen LogP contribution in [0.4, 0.5) is 19.3 Å². The molecule has 2 N–H and O–H groups in total. The number of piperazine rings is 1. The number of hydrogen-bond acceptors (Lipinski definition) is 3. The maximum atomic E-state index is 14.0. The number of amides is 3. The lowest BCUT2D eigenvalue weighted by Crippen LogP contribution is -2.73. The van der Waals surface area contributed by atoms with Crippen molar-refractivity contribution in [2.75, 3.05) is 25.0 Å². The first-order valence-electron chi connectivity index (χ1n) is 12.5. The van der Waals surface area contributed by atoms with E-state index < -0.39 is 17.7 Å². The molecule has 3 atom stereocenters. The Bertz CT molecular complexity index is 1200. The number of carbonyl (C=O) groups is 2. The van der Waals surface area contributed by atoms with Gasteiger partial charge in [-0.15, -0.1) is 0 Å². The Morgan fingerprint density at radius 2 is 1.83 bits per heavy atom. The lowest BCUT2D eigenvalue weighted by Gasteiger charge is -2.58. The zero-order valence-electron chi connectivity index (χ0n) is 19.9. The first kappa shape index (κ1) is 24.3. The van der Waals surface area contributed by atoms with Gasteiger partial charge in [-0.3, -0.25) is 4.79 Å². The van der Waals surface area contributed by atoms with Crippen LogP contribution in [0, 0.1) is 29.4 Å². The van der Waals surface area contributed by atoms with Crippen molar-refractivity contribution >= 4 is 17.6 Å². The number of rotatable bonds is 3. The minimum atomic E-state index is -0.761. The van der Waals surface area contributed by atoms with E-state index in [1.165, 1.54) is 24.2 Å². The molecule has 1 saturated carbocycles. The number of urea groups is 1. The Kier molecular flexibility index (Phi) is 6.92. The summed E-state index contributed by atoms with van der Waals surface area (Å²) in [5, 5.41) is 12.4. The van der Waals surface area contributed by atoms with Crippen LogP contribution in [0.2, 0.25) is 0 Å². The van der Waals surface area contributed by atoms with Crippen molar-refractivity contribution in [3.8, 4) is 11.8 Å². The smallest absolute Gasteiger partial charge is 0.322 e. The van der Waals surface area contributed by atoms with E-state index >= 15 is 0 Å². The summed E-state index contributed by atoms with van der Waals surface area (Å²) in [7, 11) is 0. The molecule has 2 heterocycles. The topological polar surface area (TPSA) is 72.9 Å². The fourth-order valence-electron chi connectivity index (χ4n) is 5.66. The van der Waals surface area contributed by atoms with Crippen molar-refractivity contribution in [2.24, 2.45) is 5.92 Å². The van der Waals surface area contributed by atoms with Crippen molar-refractivity contribution < 1.29 is 23.5 Å². The molecule has 0 unspecified atom stereocenters. The predicted molar refractivity (Wildman–Crippen MR) is 131 cm³/mol. The fourth-order valence-corrected chi connectivity index (χ4v) is 5.66. The molecule has 3 fully saturated rings. The Morgan fingerprint density at radius 3 is 2.56 bits per heavy atom. The molecule has 0 radical (unpaired) electrons. The normalized spacial score (nSPS) is 23.9. The minimum absolute atomic E-state index is 0.152. The number of benzene rings is 2. The Labute approximate surface area is 209 Å². The van der Waals surface area contributed by atoms with Gasteiger partial charge in [-0.25, -0.2) is 13.6 Å². The quantitative estimate of drug-likeness (QED) is 0.633. The van der Waals surface area contributed by atoms with Crippen LogP contribution in [0.1, 0.15) is 49.1 Å². The average molecular weight is 494 g/mol. The maximum Gasteiger partial charge on any atom is 0.322 e. The van der Waals surface area contributed by atoms with Gasteiger partial charge in [0.1, 0.15) is 18.2 Å². The molecular formula is C28H29F2N3O3.